The third kappa shape index (κ3) is 2.39. The van der Waals surface area contributed by atoms with Crippen molar-refractivity contribution in [2.45, 2.75) is 33.2 Å². The Labute approximate surface area is 102 Å². The van der Waals surface area contributed by atoms with E-state index in [1.807, 2.05) is 6.20 Å². The second-order valence-electron chi connectivity index (χ2n) is 4.52. The van der Waals surface area contributed by atoms with Crippen LogP contribution in [0.1, 0.15) is 36.3 Å². The molecule has 17 heavy (non-hydrogen) atoms. The van der Waals surface area contributed by atoms with Gasteiger partial charge in [0.25, 0.3) is 0 Å². The van der Waals surface area contributed by atoms with Crippen molar-refractivity contribution in [1.29, 1.82) is 0 Å². The Kier molecular flexibility index (Phi) is 3.29. The lowest BCUT2D eigenvalue weighted by atomic mass is 10.0. The van der Waals surface area contributed by atoms with Gasteiger partial charge in [0.15, 0.2) is 0 Å². The zero-order chi connectivity index (χ0) is 12.4. The number of aromatic amines is 1. The van der Waals surface area contributed by atoms with Crippen LogP contribution < -0.4 is 5.73 Å². The number of nitrogens with two attached hydrogens (primary N) is 1. The van der Waals surface area contributed by atoms with Gasteiger partial charge in [-0.3, -0.25) is 0 Å². The summed E-state index contributed by atoms with van der Waals surface area (Å²) < 4.78 is 0. The maximum absolute atomic E-state index is 5.96. The molecule has 0 aliphatic rings. The van der Waals surface area contributed by atoms with E-state index >= 15 is 0 Å². The van der Waals surface area contributed by atoms with Crippen LogP contribution in [0.2, 0.25) is 0 Å². The first-order chi connectivity index (χ1) is 8.11. The molecule has 2 aromatic rings. The highest BCUT2D eigenvalue weighted by atomic mass is 15.0. The van der Waals surface area contributed by atoms with Crippen molar-refractivity contribution < 1.29 is 0 Å². The third-order valence-corrected chi connectivity index (χ3v) is 3.07. The summed E-state index contributed by atoms with van der Waals surface area (Å²) >= 11 is 0. The fourth-order valence-corrected chi connectivity index (χ4v) is 1.88. The van der Waals surface area contributed by atoms with Gasteiger partial charge < -0.3 is 10.7 Å². The van der Waals surface area contributed by atoms with Crippen molar-refractivity contribution >= 4 is 0 Å². The minimum absolute atomic E-state index is 0.00568. The van der Waals surface area contributed by atoms with Crippen molar-refractivity contribution in [2.24, 2.45) is 5.73 Å². The molecule has 90 valence electrons. The fraction of sp³-hybridized carbons (Fsp3) is 0.357. The van der Waals surface area contributed by atoms with Crippen molar-refractivity contribution in [3.63, 3.8) is 0 Å². The van der Waals surface area contributed by atoms with Crippen molar-refractivity contribution in [3.8, 4) is 11.3 Å². The third-order valence-electron chi connectivity index (χ3n) is 3.07. The maximum Gasteiger partial charge on any atom is 0.123 e. The highest BCUT2D eigenvalue weighted by Crippen LogP contribution is 2.24. The smallest absolute Gasteiger partial charge is 0.123 e. The number of H-pyrrole nitrogens is 1. The van der Waals surface area contributed by atoms with Crippen LogP contribution in [0.3, 0.4) is 0 Å². The fourth-order valence-electron chi connectivity index (χ4n) is 1.88. The summed E-state index contributed by atoms with van der Waals surface area (Å²) in [7, 11) is 0. The van der Waals surface area contributed by atoms with Gasteiger partial charge in [-0.25, -0.2) is 4.98 Å². The topological polar surface area (TPSA) is 54.7 Å². The molecule has 0 bridgehead atoms. The van der Waals surface area contributed by atoms with Crippen LogP contribution in [0.25, 0.3) is 11.3 Å². The lowest BCUT2D eigenvalue weighted by molar-refractivity contribution is 0.658. The van der Waals surface area contributed by atoms with Gasteiger partial charge in [0.05, 0.1) is 17.9 Å². The Morgan fingerprint density at radius 2 is 2.12 bits per heavy atom. The Morgan fingerprint density at radius 1 is 1.35 bits per heavy atom. The molecule has 2 rings (SSSR count). The van der Waals surface area contributed by atoms with Crippen LogP contribution in [0, 0.1) is 13.8 Å². The summed E-state index contributed by atoms with van der Waals surface area (Å²) in [6.07, 6.45) is 2.76. The predicted octanol–water partition coefficient (Wildman–Crippen LogP) is 3.10. The normalized spacial score (nSPS) is 12.7. The number of imidazole rings is 1. The largest absolute Gasteiger partial charge is 0.341 e. The zero-order valence-corrected chi connectivity index (χ0v) is 10.6. The molecule has 0 saturated carbocycles. The zero-order valence-electron chi connectivity index (χ0n) is 10.6. The van der Waals surface area contributed by atoms with E-state index in [9.17, 15) is 0 Å². The monoisotopic (exact) mass is 229 g/mol. The van der Waals surface area contributed by atoms with E-state index in [1.54, 1.807) is 0 Å². The Bertz CT molecular complexity index is 514. The predicted molar refractivity (Wildman–Crippen MR) is 70.7 cm³/mol. The summed E-state index contributed by atoms with van der Waals surface area (Å²) in [4.78, 5) is 7.67. The molecule has 0 aliphatic heterocycles. The molecule has 3 nitrogen and oxygen atoms in total. The molecule has 1 unspecified atom stereocenters. The van der Waals surface area contributed by atoms with Crippen molar-refractivity contribution in [3.05, 3.63) is 41.3 Å². The van der Waals surface area contributed by atoms with Crippen LogP contribution in [0.15, 0.2) is 24.4 Å². The van der Waals surface area contributed by atoms with Gasteiger partial charge >= 0.3 is 0 Å². The lowest BCUT2D eigenvalue weighted by Crippen LogP contribution is -2.10. The minimum atomic E-state index is -0.00568. The molecule has 0 spiro atoms. The van der Waals surface area contributed by atoms with Crippen molar-refractivity contribution in [1.82, 2.24) is 9.97 Å². The number of aromatic nitrogens is 2. The highest BCUT2D eigenvalue weighted by molar-refractivity contribution is 5.63. The van der Waals surface area contributed by atoms with Gasteiger partial charge in [0.2, 0.25) is 0 Å². The lowest BCUT2D eigenvalue weighted by Gasteiger charge is -2.06. The van der Waals surface area contributed by atoms with E-state index in [0.717, 1.165) is 17.9 Å². The number of nitrogens with zero attached hydrogens (tertiary/aromatic N) is 1. The molecule has 0 aliphatic carbocycles. The quantitative estimate of drug-likeness (QED) is 0.849. The maximum atomic E-state index is 5.96. The second kappa shape index (κ2) is 4.72. The number of benzene rings is 1. The Morgan fingerprint density at radius 3 is 2.82 bits per heavy atom. The number of rotatable bonds is 3. The van der Waals surface area contributed by atoms with E-state index in [1.165, 1.54) is 16.7 Å². The molecule has 0 radical (unpaired) electrons. The molecular weight excluding hydrogens is 210 g/mol. The van der Waals surface area contributed by atoms with E-state index in [4.69, 9.17) is 5.73 Å². The molecule has 0 fully saturated rings. The molecule has 0 amide bonds. The van der Waals surface area contributed by atoms with Crippen LogP contribution in [0.4, 0.5) is 0 Å². The minimum Gasteiger partial charge on any atom is -0.341 e. The summed E-state index contributed by atoms with van der Waals surface area (Å²) in [6, 6.07) is 6.41. The number of hydrogen-bond donors (Lipinski definition) is 2. The van der Waals surface area contributed by atoms with E-state index in [0.29, 0.717) is 0 Å². The van der Waals surface area contributed by atoms with Gasteiger partial charge in [0.1, 0.15) is 5.82 Å². The number of hydrogen-bond acceptors (Lipinski definition) is 2. The summed E-state index contributed by atoms with van der Waals surface area (Å²) in [6.45, 7) is 6.26. The second-order valence-corrected chi connectivity index (χ2v) is 4.52. The van der Waals surface area contributed by atoms with Crippen LogP contribution >= 0.6 is 0 Å². The van der Waals surface area contributed by atoms with Crippen LogP contribution in [-0.4, -0.2) is 9.97 Å². The van der Waals surface area contributed by atoms with Crippen LogP contribution in [-0.2, 0) is 0 Å². The molecule has 1 aromatic heterocycles. The first-order valence-corrected chi connectivity index (χ1v) is 6.00. The van der Waals surface area contributed by atoms with Crippen LogP contribution in [0.5, 0.6) is 0 Å². The molecular formula is C14H19N3. The molecule has 1 atom stereocenters. The van der Waals surface area contributed by atoms with Gasteiger partial charge in [-0.1, -0.05) is 24.6 Å². The van der Waals surface area contributed by atoms with Gasteiger partial charge in [0, 0.05) is 5.56 Å². The SMILES string of the molecule is CCC(N)c1ncc(-c2cc(C)ccc2C)[nH]1. The number of nitrogens with one attached hydrogen (secondary N) is 1. The standard InChI is InChI=1S/C14H19N3/c1-4-12(15)14-16-8-13(17-14)11-7-9(2)5-6-10(11)3/h5-8,12H,4,15H2,1-3H3,(H,16,17). The summed E-state index contributed by atoms with van der Waals surface area (Å²) in [5, 5.41) is 0. The van der Waals surface area contributed by atoms with Gasteiger partial charge in [-0.15, -0.1) is 0 Å². The first-order valence-electron chi connectivity index (χ1n) is 6.00. The van der Waals surface area contributed by atoms with E-state index in [2.05, 4.69) is 48.9 Å². The average Bonchev–Trinajstić information content (AvgIpc) is 2.80. The first kappa shape index (κ1) is 11.9. The summed E-state index contributed by atoms with van der Waals surface area (Å²) in [5.41, 5.74) is 10.7. The Hall–Kier alpha value is -1.61. The number of aryl methyl sites for hydroxylation is 2. The van der Waals surface area contributed by atoms with Crippen molar-refractivity contribution in [2.75, 3.05) is 0 Å². The Balaban J connectivity index is 2.40. The highest BCUT2D eigenvalue weighted by Gasteiger charge is 2.10. The summed E-state index contributed by atoms with van der Waals surface area (Å²) in [5.74, 6) is 0.864. The molecule has 3 heteroatoms. The van der Waals surface area contributed by atoms with Gasteiger partial charge in [-0.05, 0) is 31.9 Å². The molecule has 1 aromatic carbocycles. The van der Waals surface area contributed by atoms with Gasteiger partial charge in [-0.2, -0.15) is 0 Å². The molecule has 1 heterocycles. The molecule has 0 saturated heterocycles. The average molecular weight is 229 g/mol. The molecule has 3 N–H and O–H groups in total. The van der Waals surface area contributed by atoms with E-state index in [-0.39, 0.29) is 6.04 Å². The van der Waals surface area contributed by atoms with E-state index < -0.39 is 0 Å².